The number of carbonyl (C=O) groups is 2. The summed E-state index contributed by atoms with van der Waals surface area (Å²) in [7, 11) is 0.538. The number of rotatable bonds is 12. The van der Waals surface area contributed by atoms with Crippen LogP contribution in [0.1, 0.15) is 26.3 Å². The predicted octanol–water partition coefficient (Wildman–Crippen LogP) is 4.62. The molecule has 4 N–H and O–H groups in total. The monoisotopic (exact) mass is 482 g/mol. The molecule has 0 radical (unpaired) electrons. The highest BCUT2D eigenvalue weighted by atomic mass is 31.1. The third-order valence-electron chi connectivity index (χ3n) is 5.02. The highest BCUT2D eigenvalue weighted by Crippen LogP contribution is 2.39. The van der Waals surface area contributed by atoms with Crippen LogP contribution in [0.4, 0.5) is 11.4 Å². The Morgan fingerprint density at radius 2 is 1.38 bits per heavy atom. The van der Waals surface area contributed by atoms with Gasteiger partial charge >= 0.3 is 11.9 Å². The Hall–Kier alpha value is -3.61. The van der Waals surface area contributed by atoms with Crippen LogP contribution >= 0.6 is 7.92 Å². The van der Waals surface area contributed by atoms with Gasteiger partial charge in [-0.1, -0.05) is 35.9 Å². The fraction of sp³-hybridized carbons (Fsp3) is 0.200. The molecule has 9 heteroatoms. The second-order valence-electron chi connectivity index (χ2n) is 7.43. The number of nitrogens with one attached hydrogen (secondary N) is 2. The van der Waals surface area contributed by atoms with Crippen molar-refractivity contribution in [1.82, 2.24) is 0 Å². The van der Waals surface area contributed by atoms with E-state index in [2.05, 4.69) is 10.6 Å². The van der Waals surface area contributed by atoms with Crippen LogP contribution in [0.2, 0.25) is 0 Å². The first-order valence-electron chi connectivity index (χ1n) is 10.5. The molecule has 0 unspecified atom stereocenters. The molecule has 0 aliphatic heterocycles. The Bertz CT molecular complexity index is 1090. The molecule has 3 aromatic rings. The minimum Gasteiger partial charge on any atom is -0.478 e. The van der Waals surface area contributed by atoms with Gasteiger partial charge in [-0.15, -0.1) is 0 Å². The predicted molar refractivity (Wildman–Crippen MR) is 134 cm³/mol. The zero-order valence-corrected chi connectivity index (χ0v) is 19.8. The molecule has 0 atom stereocenters. The summed E-state index contributed by atoms with van der Waals surface area (Å²) in [5.74, 6) is -1.36. The summed E-state index contributed by atoms with van der Waals surface area (Å²) in [6.45, 7) is 2.07. The Balaban J connectivity index is 1.92. The fourth-order valence-electron chi connectivity index (χ4n) is 3.35. The molecule has 0 aliphatic rings. The van der Waals surface area contributed by atoms with E-state index in [0.29, 0.717) is 29.7 Å². The van der Waals surface area contributed by atoms with Crippen LogP contribution in [-0.4, -0.2) is 48.6 Å². The molecule has 0 heterocycles. The van der Waals surface area contributed by atoms with Crippen molar-refractivity contribution in [1.29, 1.82) is 0 Å². The second-order valence-corrected chi connectivity index (χ2v) is 9.63. The van der Waals surface area contributed by atoms with Gasteiger partial charge in [0.05, 0.1) is 11.1 Å². The lowest BCUT2D eigenvalue weighted by Crippen LogP contribution is -2.20. The molecule has 178 valence electrons. The van der Waals surface area contributed by atoms with Crippen molar-refractivity contribution in [3.8, 4) is 5.75 Å². The second kappa shape index (κ2) is 12.0. The van der Waals surface area contributed by atoms with Gasteiger partial charge in [0.15, 0.2) is 6.79 Å². The lowest BCUT2D eigenvalue weighted by molar-refractivity contribution is 0.0518. The van der Waals surface area contributed by atoms with Crippen LogP contribution in [0.25, 0.3) is 0 Å². The van der Waals surface area contributed by atoms with Crippen molar-refractivity contribution in [2.45, 2.75) is 6.92 Å². The lowest BCUT2D eigenvalue weighted by atomic mass is 10.2. The maximum atomic E-state index is 11.6. The molecular formula is C25H27N2O6P. The van der Waals surface area contributed by atoms with Gasteiger partial charge < -0.3 is 30.3 Å². The molecular weight excluding hydrogens is 455 g/mol. The normalized spacial score (nSPS) is 10.7. The number of aromatic carboxylic acids is 2. The van der Waals surface area contributed by atoms with Crippen LogP contribution in [0, 0.1) is 6.92 Å². The first-order valence-corrected chi connectivity index (χ1v) is 12.2. The molecule has 0 fully saturated rings. The highest BCUT2D eigenvalue weighted by Gasteiger charge is 2.19. The van der Waals surface area contributed by atoms with Gasteiger partial charge in [0.1, 0.15) is 5.75 Å². The number of ether oxygens (including phenoxy) is 2. The van der Waals surface area contributed by atoms with Gasteiger partial charge in [0.2, 0.25) is 0 Å². The van der Waals surface area contributed by atoms with Crippen LogP contribution in [-0.2, 0) is 4.74 Å². The smallest absolute Gasteiger partial charge is 0.337 e. The molecule has 34 heavy (non-hydrogen) atoms. The zero-order chi connectivity index (χ0) is 24.5. The Morgan fingerprint density at radius 1 is 0.853 bits per heavy atom. The van der Waals surface area contributed by atoms with Gasteiger partial charge in [-0.05, 0) is 51.2 Å². The fourth-order valence-corrected chi connectivity index (χ4v) is 5.37. The quantitative estimate of drug-likeness (QED) is 0.218. The van der Waals surface area contributed by atoms with Gasteiger partial charge in [0.25, 0.3) is 0 Å². The molecule has 0 aromatic heterocycles. The van der Waals surface area contributed by atoms with E-state index in [0.717, 1.165) is 10.9 Å². The number of benzene rings is 3. The number of para-hydroxylation sites is 2. The molecule has 3 rings (SSSR count). The Labute approximate surface area is 199 Å². The highest BCUT2D eigenvalue weighted by molar-refractivity contribution is 7.66. The molecule has 0 saturated carbocycles. The number of methoxy groups -OCH3 is 1. The van der Waals surface area contributed by atoms with E-state index >= 15 is 0 Å². The lowest BCUT2D eigenvalue weighted by Gasteiger charge is -2.24. The summed E-state index contributed by atoms with van der Waals surface area (Å²) >= 11 is 0. The number of hydrogen-bond donors (Lipinski definition) is 4. The summed E-state index contributed by atoms with van der Waals surface area (Å²) < 4.78 is 10.9. The summed E-state index contributed by atoms with van der Waals surface area (Å²) in [5, 5.41) is 26.5. The van der Waals surface area contributed by atoms with Crippen molar-refractivity contribution in [2.24, 2.45) is 0 Å². The molecule has 0 saturated heterocycles. The van der Waals surface area contributed by atoms with Crippen LogP contribution < -0.4 is 20.7 Å². The van der Waals surface area contributed by atoms with Crippen LogP contribution in [0.15, 0.2) is 66.7 Å². The van der Waals surface area contributed by atoms with E-state index in [1.807, 2.05) is 25.1 Å². The number of carboxylic acid groups (broad SMARTS) is 2. The molecule has 0 aliphatic carbocycles. The van der Waals surface area contributed by atoms with Crippen molar-refractivity contribution in [3.05, 3.63) is 83.4 Å². The number of aryl methyl sites for hydroxylation is 1. The summed E-state index contributed by atoms with van der Waals surface area (Å²) in [6.07, 6.45) is 0.878. The summed E-state index contributed by atoms with van der Waals surface area (Å²) in [6, 6.07) is 19.3. The Morgan fingerprint density at radius 3 is 1.88 bits per heavy atom. The van der Waals surface area contributed by atoms with Gasteiger partial charge in [0, 0.05) is 36.4 Å². The van der Waals surface area contributed by atoms with E-state index < -0.39 is 19.9 Å². The molecule has 0 amide bonds. The van der Waals surface area contributed by atoms with E-state index in [9.17, 15) is 19.8 Å². The summed E-state index contributed by atoms with van der Waals surface area (Å²) in [5.41, 5.74) is 2.44. The van der Waals surface area contributed by atoms with E-state index in [1.165, 1.54) is 0 Å². The van der Waals surface area contributed by atoms with Crippen molar-refractivity contribution >= 4 is 36.5 Å². The van der Waals surface area contributed by atoms with Crippen molar-refractivity contribution < 1.29 is 29.3 Å². The Kier molecular flexibility index (Phi) is 8.85. The average molecular weight is 482 g/mol. The van der Waals surface area contributed by atoms with E-state index in [4.69, 9.17) is 9.47 Å². The topological polar surface area (TPSA) is 117 Å². The van der Waals surface area contributed by atoms with Crippen molar-refractivity contribution in [2.75, 3.05) is 37.1 Å². The van der Waals surface area contributed by atoms with E-state index in [-0.39, 0.29) is 17.9 Å². The average Bonchev–Trinajstić information content (AvgIpc) is 2.83. The first-order chi connectivity index (χ1) is 16.4. The van der Waals surface area contributed by atoms with Gasteiger partial charge in [-0.3, -0.25) is 0 Å². The largest absolute Gasteiger partial charge is 0.478 e. The number of carboxylic acids is 2. The van der Waals surface area contributed by atoms with Crippen LogP contribution in [0.3, 0.4) is 0 Å². The maximum Gasteiger partial charge on any atom is 0.337 e. The van der Waals surface area contributed by atoms with E-state index in [1.54, 1.807) is 55.6 Å². The van der Waals surface area contributed by atoms with Gasteiger partial charge in [-0.2, -0.15) is 0 Å². The van der Waals surface area contributed by atoms with Crippen molar-refractivity contribution in [3.63, 3.8) is 0 Å². The molecule has 8 nitrogen and oxygen atoms in total. The number of hydrogen-bond acceptors (Lipinski definition) is 6. The first kappa shape index (κ1) is 25.0. The molecule has 0 bridgehead atoms. The summed E-state index contributed by atoms with van der Waals surface area (Å²) in [4.78, 5) is 23.3. The third-order valence-corrected chi connectivity index (χ3v) is 7.13. The maximum absolute atomic E-state index is 11.6. The minimum atomic E-state index is -1.01. The number of anilines is 2. The molecule has 3 aromatic carbocycles. The molecule has 0 spiro atoms. The zero-order valence-electron chi connectivity index (χ0n) is 18.9. The van der Waals surface area contributed by atoms with Gasteiger partial charge in [-0.25, -0.2) is 9.59 Å². The van der Waals surface area contributed by atoms with Crippen LogP contribution in [0.5, 0.6) is 5.75 Å². The minimum absolute atomic E-state index is 0.0871. The third kappa shape index (κ3) is 6.47. The standard InChI is InChI=1S/C25H27N2O6P/c1-17-11-12-22(33-16-32-2)23(13-17)34(14-26-20-9-5-3-7-18(20)24(28)29)15-27-21-10-6-4-8-19(21)25(30)31/h3-13,26-27H,14-16H2,1-2H3,(H,28,29)(H,30,31). The SMILES string of the molecule is COCOc1ccc(C)cc1P(CNc1ccccc1C(=O)O)CNc1ccccc1C(=O)O.